The minimum Gasteiger partial charge on any atom is -0.480 e. The third kappa shape index (κ3) is 4.80. The molecule has 0 amide bonds. The number of aromatic nitrogens is 2. The Labute approximate surface area is 147 Å². The van der Waals surface area contributed by atoms with E-state index in [1.165, 1.54) is 0 Å². The van der Waals surface area contributed by atoms with Gasteiger partial charge < -0.3 is 5.11 Å². The minimum absolute atomic E-state index is 0.0291. The number of halogens is 4. The SMILES string of the molecule is CC(C)C[C@@H](C(=O)O)n1nc(CCN2CC(F)C2)cc(C(F)(F)F)c1=O. The molecular weight excluding hydrogens is 358 g/mol. The molecule has 1 fully saturated rings. The molecule has 0 aromatic carbocycles. The van der Waals surface area contributed by atoms with E-state index in [1.807, 2.05) is 0 Å². The number of likely N-dealkylation sites (tertiary alicyclic amines) is 1. The second-order valence-electron chi connectivity index (χ2n) is 6.89. The van der Waals surface area contributed by atoms with Gasteiger partial charge in [0.15, 0.2) is 6.04 Å². The highest BCUT2D eigenvalue weighted by Gasteiger charge is 2.37. The maximum absolute atomic E-state index is 13.2. The van der Waals surface area contributed by atoms with Crippen LogP contribution in [-0.4, -0.2) is 51.6 Å². The molecule has 2 heterocycles. The van der Waals surface area contributed by atoms with Gasteiger partial charge in [-0.25, -0.2) is 13.9 Å². The van der Waals surface area contributed by atoms with Crippen molar-refractivity contribution in [2.75, 3.05) is 19.6 Å². The summed E-state index contributed by atoms with van der Waals surface area (Å²) in [5.41, 5.74) is -2.96. The molecule has 1 saturated heterocycles. The number of hydrogen-bond donors (Lipinski definition) is 1. The van der Waals surface area contributed by atoms with Crippen molar-refractivity contribution in [3.05, 3.63) is 27.7 Å². The molecule has 26 heavy (non-hydrogen) atoms. The van der Waals surface area contributed by atoms with Gasteiger partial charge in [-0.2, -0.15) is 18.3 Å². The average Bonchev–Trinajstić information content (AvgIpc) is 2.47. The third-order valence-electron chi connectivity index (χ3n) is 4.16. The van der Waals surface area contributed by atoms with Crippen LogP contribution in [0.5, 0.6) is 0 Å². The normalized spacial score (nSPS) is 17.3. The van der Waals surface area contributed by atoms with Gasteiger partial charge in [-0.1, -0.05) is 13.8 Å². The molecule has 146 valence electrons. The summed E-state index contributed by atoms with van der Waals surface area (Å²) in [5.74, 6) is -1.58. The Morgan fingerprint density at radius 2 is 2.00 bits per heavy atom. The quantitative estimate of drug-likeness (QED) is 0.735. The lowest BCUT2D eigenvalue weighted by Crippen LogP contribution is -2.49. The van der Waals surface area contributed by atoms with Crippen LogP contribution in [0.3, 0.4) is 0 Å². The molecule has 1 aromatic heterocycles. The smallest absolute Gasteiger partial charge is 0.421 e. The van der Waals surface area contributed by atoms with E-state index in [0.29, 0.717) is 10.7 Å². The van der Waals surface area contributed by atoms with Crippen molar-refractivity contribution in [2.24, 2.45) is 5.92 Å². The predicted molar refractivity (Wildman–Crippen MR) is 84.7 cm³/mol. The molecule has 0 bridgehead atoms. The summed E-state index contributed by atoms with van der Waals surface area (Å²) in [6.45, 7) is 4.10. The van der Waals surface area contributed by atoms with E-state index < -0.39 is 35.5 Å². The lowest BCUT2D eigenvalue weighted by atomic mass is 10.0. The van der Waals surface area contributed by atoms with Gasteiger partial charge in [-0.05, 0) is 18.4 Å². The number of carboxylic acid groups (broad SMARTS) is 1. The van der Waals surface area contributed by atoms with Gasteiger partial charge >= 0.3 is 12.1 Å². The monoisotopic (exact) mass is 379 g/mol. The van der Waals surface area contributed by atoms with Crippen LogP contribution in [0, 0.1) is 5.92 Å². The number of nitrogens with zero attached hydrogens (tertiary/aromatic N) is 3. The molecule has 0 radical (unpaired) electrons. The largest absolute Gasteiger partial charge is 0.480 e. The zero-order valence-electron chi connectivity index (χ0n) is 14.5. The Bertz CT molecular complexity index is 712. The molecule has 0 saturated carbocycles. The van der Waals surface area contributed by atoms with Crippen LogP contribution in [-0.2, 0) is 17.4 Å². The molecule has 1 atom stereocenters. The van der Waals surface area contributed by atoms with Crippen molar-refractivity contribution in [3.63, 3.8) is 0 Å². The topological polar surface area (TPSA) is 75.4 Å². The first-order valence-electron chi connectivity index (χ1n) is 8.28. The first kappa shape index (κ1) is 20.3. The van der Waals surface area contributed by atoms with Crippen LogP contribution in [0.25, 0.3) is 0 Å². The van der Waals surface area contributed by atoms with Crippen LogP contribution in [0.1, 0.15) is 37.6 Å². The molecule has 1 aliphatic heterocycles. The maximum atomic E-state index is 13.2. The molecule has 0 aliphatic carbocycles. The second-order valence-corrected chi connectivity index (χ2v) is 6.89. The Hall–Kier alpha value is -1.97. The summed E-state index contributed by atoms with van der Waals surface area (Å²) in [6.07, 6.45) is -5.83. The third-order valence-corrected chi connectivity index (χ3v) is 4.16. The Balaban J connectivity index is 2.39. The van der Waals surface area contributed by atoms with Crippen LogP contribution in [0.15, 0.2) is 10.9 Å². The Morgan fingerprint density at radius 1 is 1.38 bits per heavy atom. The molecule has 6 nitrogen and oxygen atoms in total. The van der Waals surface area contributed by atoms with Crippen molar-refractivity contribution < 1.29 is 27.5 Å². The second kappa shape index (κ2) is 7.73. The molecule has 1 N–H and O–H groups in total. The zero-order valence-corrected chi connectivity index (χ0v) is 14.5. The lowest BCUT2D eigenvalue weighted by molar-refractivity contribution is -0.144. The van der Waals surface area contributed by atoms with E-state index in [2.05, 4.69) is 5.10 Å². The summed E-state index contributed by atoms with van der Waals surface area (Å²) in [7, 11) is 0. The fourth-order valence-electron chi connectivity index (χ4n) is 2.81. The van der Waals surface area contributed by atoms with Crippen molar-refractivity contribution in [2.45, 2.75) is 45.1 Å². The van der Waals surface area contributed by atoms with Crippen LogP contribution in [0.2, 0.25) is 0 Å². The molecule has 1 aromatic rings. The van der Waals surface area contributed by atoms with Crippen molar-refractivity contribution >= 4 is 5.97 Å². The van der Waals surface area contributed by atoms with E-state index in [-0.39, 0.29) is 44.1 Å². The predicted octanol–water partition coefficient (Wildman–Crippen LogP) is 2.13. The lowest BCUT2D eigenvalue weighted by Gasteiger charge is -2.34. The molecular formula is C16H21F4N3O3. The van der Waals surface area contributed by atoms with E-state index >= 15 is 0 Å². The van der Waals surface area contributed by atoms with Gasteiger partial charge in [0.05, 0.1) is 5.69 Å². The molecule has 1 aliphatic rings. The molecule has 0 unspecified atom stereocenters. The summed E-state index contributed by atoms with van der Waals surface area (Å²) in [5, 5.41) is 13.2. The highest BCUT2D eigenvalue weighted by atomic mass is 19.4. The standard InChI is InChI=1S/C16H21F4N3O3/c1-9(2)5-13(15(25)26)23-14(24)12(16(18,19)20)6-11(21-23)3-4-22-7-10(17)8-22/h6,9-10,13H,3-5,7-8H2,1-2H3,(H,25,26)/t13-/m0/s1. The van der Waals surface area contributed by atoms with Gasteiger partial charge in [0.25, 0.3) is 5.56 Å². The first-order valence-corrected chi connectivity index (χ1v) is 8.28. The van der Waals surface area contributed by atoms with Crippen molar-refractivity contribution in [3.8, 4) is 0 Å². The highest BCUT2D eigenvalue weighted by molar-refractivity contribution is 5.71. The first-order chi connectivity index (χ1) is 12.0. The summed E-state index contributed by atoms with van der Waals surface area (Å²) < 4.78 is 52.9. The van der Waals surface area contributed by atoms with Gasteiger partial charge in [-0.3, -0.25) is 9.69 Å². The summed E-state index contributed by atoms with van der Waals surface area (Å²) in [4.78, 5) is 25.4. The summed E-state index contributed by atoms with van der Waals surface area (Å²) >= 11 is 0. The van der Waals surface area contributed by atoms with Crippen molar-refractivity contribution in [1.82, 2.24) is 14.7 Å². The summed E-state index contributed by atoms with van der Waals surface area (Å²) in [6, 6.07) is -0.831. The Kier molecular flexibility index (Phi) is 6.05. The number of alkyl halides is 4. The van der Waals surface area contributed by atoms with E-state index in [9.17, 15) is 32.3 Å². The molecule has 0 spiro atoms. The minimum atomic E-state index is -4.92. The number of hydrogen-bond acceptors (Lipinski definition) is 4. The number of carboxylic acids is 1. The van der Waals surface area contributed by atoms with Gasteiger partial charge in [0.1, 0.15) is 11.7 Å². The Morgan fingerprint density at radius 3 is 2.46 bits per heavy atom. The maximum Gasteiger partial charge on any atom is 0.421 e. The van der Waals surface area contributed by atoms with Crippen LogP contribution in [0.4, 0.5) is 17.6 Å². The van der Waals surface area contributed by atoms with Gasteiger partial charge in [-0.15, -0.1) is 0 Å². The molecule has 2 rings (SSSR count). The van der Waals surface area contributed by atoms with Crippen molar-refractivity contribution in [1.29, 1.82) is 0 Å². The van der Waals surface area contributed by atoms with Gasteiger partial charge in [0.2, 0.25) is 0 Å². The number of rotatable bonds is 7. The number of carbonyl (C=O) groups is 1. The van der Waals surface area contributed by atoms with Crippen LogP contribution < -0.4 is 5.56 Å². The fourth-order valence-corrected chi connectivity index (χ4v) is 2.81. The number of aliphatic carboxylic acids is 1. The highest BCUT2D eigenvalue weighted by Crippen LogP contribution is 2.28. The van der Waals surface area contributed by atoms with Gasteiger partial charge in [0, 0.05) is 26.1 Å². The zero-order chi connectivity index (χ0) is 19.6. The fraction of sp³-hybridized carbons (Fsp3) is 0.688. The average molecular weight is 379 g/mol. The van der Waals surface area contributed by atoms with Crippen LogP contribution >= 0.6 is 0 Å². The van der Waals surface area contributed by atoms with E-state index in [0.717, 1.165) is 0 Å². The molecule has 10 heteroatoms. The van der Waals surface area contributed by atoms with E-state index in [4.69, 9.17) is 0 Å². The van der Waals surface area contributed by atoms with E-state index in [1.54, 1.807) is 18.7 Å².